The van der Waals surface area contributed by atoms with Gasteiger partial charge in [-0.2, -0.15) is 0 Å². The van der Waals surface area contributed by atoms with Gasteiger partial charge in [0.15, 0.2) is 0 Å². The highest BCUT2D eigenvalue weighted by atomic mass is 16.4. The number of carbonyl (C=O) groups is 2. The van der Waals surface area contributed by atoms with Crippen LogP contribution in [0.15, 0.2) is 0 Å². The smallest absolute Gasteiger partial charge is 0.308 e. The third-order valence-corrected chi connectivity index (χ3v) is 4.15. The van der Waals surface area contributed by atoms with E-state index in [0.717, 1.165) is 25.7 Å². The van der Waals surface area contributed by atoms with Crippen molar-refractivity contribution in [1.29, 1.82) is 0 Å². The molecule has 0 aliphatic heterocycles. The topological polar surface area (TPSA) is 92.4 Å². The summed E-state index contributed by atoms with van der Waals surface area (Å²) >= 11 is 0. The van der Waals surface area contributed by atoms with E-state index < -0.39 is 17.3 Å². The highest BCUT2D eigenvalue weighted by Gasteiger charge is 2.40. The number of hydrogen-bond acceptors (Lipinski definition) is 3. The van der Waals surface area contributed by atoms with Gasteiger partial charge in [-0.05, 0) is 24.7 Å². The molecular formula is C15H28N2O3. The number of rotatable bonds is 6. The Hall–Kier alpha value is -1.10. The van der Waals surface area contributed by atoms with Gasteiger partial charge in [0.25, 0.3) is 0 Å². The third-order valence-electron chi connectivity index (χ3n) is 4.15. The Bertz CT molecular complexity index is 355. The van der Waals surface area contributed by atoms with Crippen LogP contribution in [0.4, 0.5) is 0 Å². The molecule has 4 N–H and O–H groups in total. The van der Waals surface area contributed by atoms with Crippen LogP contribution in [0, 0.1) is 16.7 Å². The lowest BCUT2D eigenvalue weighted by molar-refractivity contribution is -0.143. The Morgan fingerprint density at radius 2 is 1.85 bits per heavy atom. The second-order valence-electron chi connectivity index (χ2n) is 7.20. The number of nitrogens with two attached hydrogens (primary N) is 1. The molecule has 1 unspecified atom stereocenters. The van der Waals surface area contributed by atoms with E-state index in [-0.39, 0.29) is 17.9 Å². The van der Waals surface area contributed by atoms with Gasteiger partial charge >= 0.3 is 5.97 Å². The number of carboxylic acid groups (broad SMARTS) is 1. The average Bonchev–Trinajstić information content (AvgIpc) is 2.82. The standard InChI is InChI=1S/C15H28N2O3/c1-14(2,3)8-11(12(18)19)9-17-13(20)15(10-16)6-4-5-7-15/h11H,4-10,16H2,1-3H3,(H,17,20)(H,18,19). The fourth-order valence-corrected chi connectivity index (χ4v) is 2.97. The van der Waals surface area contributed by atoms with Crippen LogP contribution in [0.3, 0.4) is 0 Å². The summed E-state index contributed by atoms with van der Waals surface area (Å²) < 4.78 is 0. The molecule has 1 fully saturated rings. The van der Waals surface area contributed by atoms with E-state index >= 15 is 0 Å². The lowest BCUT2D eigenvalue weighted by Gasteiger charge is -2.28. The fourth-order valence-electron chi connectivity index (χ4n) is 2.97. The van der Waals surface area contributed by atoms with Gasteiger partial charge in [0.1, 0.15) is 0 Å². The van der Waals surface area contributed by atoms with Crippen LogP contribution >= 0.6 is 0 Å². The number of aliphatic carboxylic acids is 1. The van der Waals surface area contributed by atoms with Crippen molar-refractivity contribution in [2.75, 3.05) is 13.1 Å². The van der Waals surface area contributed by atoms with Gasteiger partial charge in [0, 0.05) is 13.1 Å². The maximum absolute atomic E-state index is 12.3. The summed E-state index contributed by atoms with van der Waals surface area (Å²) in [4.78, 5) is 23.6. The van der Waals surface area contributed by atoms with Crippen LogP contribution in [0.1, 0.15) is 52.9 Å². The summed E-state index contributed by atoms with van der Waals surface area (Å²) in [5, 5.41) is 12.1. The first-order valence-electron chi connectivity index (χ1n) is 7.41. The predicted molar refractivity (Wildman–Crippen MR) is 78.2 cm³/mol. The minimum atomic E-state index is -0.853. The summed E-state index contributed by atoms with van der Waals surface area (Å²) in [5.41, 5.74) is 5.22. The molecule has 0 aromatic carbocycles. The molecule has 0 spiro atoms. The quantitative estimate of drug-likeness (QED) is 0.693. The van der Waals surface area contributed by atoms with Crippen molar-refractivity contribution in [3.8, 4) is 0 Å². The Balaban J connectivity index is 2.59. The molecule has 0 radical (unpaired) electrons. The molecule has 0 aromatic heterocycles. The molecular weight excluding hydrogens is 256 g/mol. The molecule has 1 amide bonds. The minimum Gasteiger partial charge on any atom is -0.481 e. The van der Waals surface area contributed by atoms with E-state index in [2.05, 4.69) is 5.32 Å². The second-order valence-corrected chi connectivity index (χ2v) is 7.20. The third kappa shape index (κ3) is 4.47. The average molecular weight is 284 g/mol. The van der Waals surface area contributed by atoms with Crippen molar-refractivity contribution in [2.24, 2.45) is 22.5 Å². The van der Waals surface area contributed by atoms with Crippen molar-refractivity contribution in [2.45, 2.75) is 52.9 Å². The zero-order chi connectivity index (χ0) is 15.4. The number of carboxylic acids is 1. The van der Waals surface area contributed by atoms with Gasteiger partial charge in [0.05, 0.1) is 11.3 Å². The first-order valence-corrected chi connectivity index (χ1v) is 7.41. The Morgan fingerprint density at radius 1 is 1.30 bits per heavy atom. The summed E-state index contributed by atoms with van der Waals surface area (Å²) in [6.07, 6.45) is 4.21. The van der Waals surface area contributed by atoms with E-state index in [1.807, 2.05) is 20.8 Å². The van der Waals surface area contributed by atoms with Gasteiger partial charge in [-0.3, -0.25) is 9.59 Å². The maximum Gasteiger partial charge on any atom is 0.308 e. The normalized spacial score (nSPS) is 19.6. The van der Waals surface area contributed by atoms with Crippen LogP contribution in [0.5, 0.6) is 0 Å². The van der Waals surface area contributed by atoms with Crippen molar-refractivity contribution in [3.05, 3.63) is 0 Å². The minimum absolute atomic E-state index is 0.0716. The monoisotopic (exact) mass is 284 g/mol. The summed E-state index contributed by atoms with van der Waals surface area (Å²) in [6, 6.07) is 0. The molecule has 0 aromatic rings. The number of amides is 1. The van der Waals surface area contributed by atoms with Crippen LogP contribution < -0.4 is 11.1 Å². The van der Waals surface area contributed by atoms with E-state index in [4.69, 9.17) is 5.73 Å². The van der Waals surface area contributed by atoms with Gasteiger partial charge in [-0.25, -0.2) is 0 Å². The van der Waals surface area contributed by atoms with Crippen molar-refractivity contribution in [3.63, 3.8) is 0 Å². The van der Waals surface area contributed by atoms with E-state index in [0.29, 0.717) is 13.0 Å². The summed E-state index contributed by atoms with van der Waals surface area (Å²) in [6.45, 7) is 6.54. The first-order chi connectivity index (χ1) is 9.20. The van der Waals surface area contributed by atoms with Crippen LogP contribution in [-0.2, 0) is 9.59 Å². The maximum atomic E-state index is 12.3. The molecule has 1 aliphatic carbocycles. The van der Waals surface area contributed by atoms with Crippen molar-refractivity contribution in [1.82, 2.24) is 5.32 Å². The SMILES string of the molecule is CC(C)(C)CC(CNC(=O)C1(CN)CCCC1)C(=O)O. The Kier molecular flexibility index (Phi) is 5.57. The van der Waals surface area contributed by atoms with Gasteiger partial charge in [-0.15, -0.1) is 0 Å². The number of hydrogen-bond donors (Lipinski definition) is 3. The lowest BCUT2D eigenvalue weighted by Crippen LogP contribution is -2.46. The zero-order valence-electron chi connectivity index (χ0n) is 12.9. The zero-order valence-corrected chi connectivity index (χ0v) is 12.9. The molecule has 0 heterocycles. The number of carbonyl (C=O) groups excluding carboxylic acids is 1. The van der Waals surface area contributed by atoms with Crippen molar-refractivity contribution >= 4 is 11.9 Å². The molecule has 116 valence electrons. The van der Waals surface area contributed by atoms with Crippen LogP contribution in [0.2, 0.25) is 0 Å². The molecule has 5 nitrogen and oxygen atoms in total. The molecule has 1 aliphatic rings. The number of nitrogens with one attached hydrogen (secondary N) is 1. The van der Waals surface area contributed by atoms with Crippen LogP contribution in [-0.4, -0.2) is 30.1 Å². The van der Waals surface area contributed by atoms with Gasteiger partial charge in [-0.1, -0.05) is 33.6 Å². The summed E-state index contributed by atoms with van der Waals surface area (Å²) in [5.74, 6) is -1.47. The Morgan fingerprint density at radius 3 is 2.25 bits per heavy atom. The molecule has 5 heteroatoms. The van der Waals surface area contributed by atoms with Gasteiger partial charge < -0.3 is 16.2 Å². The molecule has 0 saturated heterocycles. The second kappa shape index (κ2) is 6.57. The molecule has 1 atom stereocenters. The fraction of sp³-hybridized carbons (Fsp3) is 0.867. The highest BCUT2D eigenvalue weighted by molar-refractivity contribution is 5.83. The highest BCUT2D eigenvalue weighted by Crippen LogP contribution is 2.37. The summed E-state index contributed by atoms with van der Waals surface area (Å²) in [7, 11) is 0. The van der Waals surface area contributed by atoms with E-state index in [9.17, 15) is 14.7 Å². The van der Waals surface area contributed by atoms with Crippen LogP contribution in [0.25, 0.3) is 0 Å². The largest absolute Gasteiger partial charge is 0.481 e. The molecule has 1 saturated carbocycles. The molecule has 1 rings (SSSR count). The molecule has 20 heavy (non-hydrogen) atoms. The van der Waals surface area contributed by atoms with Gasteiger partial charge in [0.2, 0.25) is 5.91 Å². The van der Waals surface area contributed by atoms with E-state index in [1.54, 1.807) is 0 Å². The lowest BCUT2D eigenvalue weighted by atomic mass is 9.83. The van der Waals surface area contributed by atoms with E-state index in [1.165, 1.54) is 0 Å². The predicted octanol–water partition coefficient (Wildman–Crippen LogP) is 1.76. The molecule has 0 bridgehead atoms. The first kappa shape index (κ1) is 17.0. The van der Waals surface area contributed by atoms with Crippen molar-refractivity contribution < 1.29 is 14.7 Å². The Labute approximate surface area is 121 Å².